The van der Waals surface area contributed by atoms with Crippen LogP contribution < -0.4 is 10.1 Å². The van der Waals surface area contributed by atoms with Gasteiger partial charge in [0.1, 0.15) is 17.2 Å². The number of anilines is 1. The Bertz CT molecular complexity index is 1710. The van der Waals surface area contributed by atoms with E-state index < -0.39 is 23.4 Å². The predicted octanol–water partition coefficient (Wildman–Crippen LogP) is 6.52. The third kappa shape index (κ3) is 3.65. The van der Waals surface area contributed by atoms with Crippen molar-refractivity contribution >= 4 is 40.6 Å². The maximum absolute atomic E-state index is 14.8. The Hall–Kier alpha value is -4.49. The molecule has 0 unspecified atom stereocenters. The molecule has 4 atom stereocenters. The number of fused-ring (bicyclic) bond motifs is 6. The van der Waals surface area contributed by atoms with Gasteiger partial charge in [0.05, 0.1) is 29.0 Å². The lowest BCUT2D eigenvalue weighted by atomic mass is 9.63. The first-order chi connectivity index (χ1) is 20.1. The van der Waals surface area contributed by atoms with Crippen LogP contribution >= 0.6 is 11.3 Å². The maximum atomic E-state index is 14.8. The van der Waals surface area contributed by atoms with Crippen LogP contribution in [0.3, 0.4) is 0 Å². The van der Waals surface area contributed by atoms with Crippen molar-refractivity contribution in [3.05, 3.63) is 124 Å². The molecule has 1 aromatic heterocycles. The molecule has 0 aliphatic carbocycles. The SMILES string of the molecule is CCCOc1ccccc1C(=O)[C@H]1[C@@H](C(=O)c2cccs2)[C@]2(C(=O)Nc3ccccc32)[C@H]2c3ccccc3C=CN12. The van der Waals surface area contributed by atoms with Crippen LogP contribution in [-0.2, 0) is 10.2 Å². The highest BCUT2D eigenvalue weighted by molar-refractivity contribution is 7.12. The van der Waals surface area contributed by atoms with Crippen molar-refractivity contribution in [3.8, 4) is 5.75 Å². The molecule has 3 aliphatic heterocycles. The van der Waals surface area contributed by atoms with Gasteiger partial charge in [0.25, 0.3) is 0 Å². The van der Waals surface area contributed by atoms with E-state index in [-0.39, 0.29) is 17.5 Å². The monoisotopic (exact) mass is 560 g/mol. The lowest BCUT2D eigenvalue weighted by Crippen LogP contribution is -2.49. The Morgan fingerprint density at radius 2 is 1.73 bits per heavy atom. The minimum absolute atomic E-state index is 0.211. The molecule has 1 spiro atoms. The molecule has 0 bridgehead atoms. The molecule has 6 nitrogen and oxygen atoms in total. The zero-order valence-corrected chi connectivity index (χ0v) is 23.3. The van der Waals surface area contributed by atoms with E-state index in [9.17, 15) is 14.4 Å². The summed E-state index contributed by atoms with van der Waals surface area (Å²) in [6.07, 6.45) is 4.65. The van der Waals surface area contributed by atoms with E-state index in [2.05, 4.69) is 5.32 Å². The van der Waals surface area contributed by atoms with E-state index in [1.165, 1.54) is 11.3 Å². The van der Waals surface area contributed by atoms with Gasteiger partial charge in [0.15, 0.2) is 11.6 Å². The summed E-state index contributed by atoms with van der Waals surface area (Å²) >= 11 is 1.33. The fourth-order valence-electron chi connectivity index (χ4n) is 6.91. The normalized spacial score (nSPS) is 23.6. The van der Waals surface area contributed by atoms with E-state index in [4.69, 9.17) is 4.74 Å². The number of ketones is 2. The summed E-state index contributed by atoms with van der Waals surface area (Å²) in [7, 11) is 0. The Morgan fingerprint density at radius 1 is 0.951 bits per heavy atom. The van der Waals surface area contributed by atoms with Crippen molar-refractivity contribution in [2.75, 3.05) is 11.9 Å². The number of Topliss-reactive ketones (excluding diaryl/α,β-unsaturated/α-hetero) is 2. The number of nitrogens with zero attached hydrogens (tertiary/aromatic N) is 1. The van der Waals surface area contributed by atoms with Gasteiger partial charge in [0.2, 0.25) is 5.91 Å². The number of carbonyl (C=O) groups is 3. The first-order valence-corrected chi connectivity index (χ1v) is 14.7. The molecule has 1 N–H and O–H groups in total. The Balaban J connectivity index is 1.51. The summed E-state index contributed by atoms with van der Waals surface area (Å²) in [4.78, 5) is 46.4. The predicted molar refractivity (Wildman–Crippen MR) is 159 cm³/mol. The molecule has 4 heterocycles. The van der Waals surface area contributed by atoms with Gasteiger partial charge in [0, 0.05) is 11.9 Å². The fourth-order valence-corrected chi connectivity index (χ4v) is 7.61. The third-order valence-electron chi connectivity index (χ3n) is 8.50. The quantitative estimate of drug-likeness (QED) is 0.261. The number of para-hydroxylation sites is 2. The summed E-state index contributed by atoms with van der Waals surface area (Å²) in [6.45, 7) is 2.48. The minimum Gasteiger partial charge on any atom is -0.493 e. The number of rotatable bonds is 7. The Labute approximate surface area is 242 Å². The largest absolute Gasteiger partial charge is 0.493 e. The zero-order chi connectivity index (χ0) is 28.1. The van der Waals surface area contributed by atoms with Crippen LogP contribution in [0.25, 0.3) is 6.08 Å². The van der Waals surface area contributed by atoms with Gasteiger partial charge >= 0.3 is 0 Å². The average Bonchev–Trinajstić information content (AvgIpc) is 3.72. The van der Waals surface area contributed by atoms with Gasteiger partial charge in [-0.25, -0.2) is 0 Å². The second-order valence-corrected chi connectivity index (χ2v) is 11.6. The molecule has 1 fully saturated rings. The van der Waals surface area contributed by atoms with Gasteiger partial charge in [-0.3, -0.25) is 14.4 Å². The van der Waals surface area contributed by atoms with Crippen molar-refractivity contribution < 1.29 is 19.1 Å². The lowest BCUT2D eigenvalue weighted by molar-refractivity contribution is -0.122. The summed E-state index contributed by atoms with van der Waals surface area (Å²) < 4.78 is 6.00. The van der Waals surface area contributed by atoms with Gasteiger partial charge in [-0.05, 0) is 58.8 Å². The topological polar surface area (TPSA) is 75.7 Å². The van der Waals surface area contributed by atoms with Crippen LogP contribution in [0.1, 0.15) is 56.1 Å². The Kier molecular flexibility index (Phi) is 6.12. The molecular weight excluding hydrogens is 532 g/mol. The molecule has 7 rings (SSSR count). The lowest BCUT2D eigenvalue weighted by Gasteiger charge is -2.38. The van der Waals surface area contributed by atoms with Gasteiger partial charge < -0.3 is 15.0 Å². The number of hydrogen-bond acceptors (Lipinski definition) is 6. The van der Waals surface area contributed by atoms with Crippen LogP contribution in [0, 0.1) is 5.92 Å². The molecule has 41 heavy (non-hydrogen) atoms. The molecular formula is C34H28N2O4S. The average molecular weight is 561 g/mol. The number of benzene rings is 3. The molecule has 3 aromatic carbocycles. The molecule has 3 aliphatic rings. The van der Waals surface area contributed by atoms with Crippen LogP contribution in [0.2, 0.25) is 0 Å². The Morgan fingerprint density at radius 3 is 2.56 bits per heavy atom. The summed E-state index contributed by atoms with van der Waals surface area (Å²) in [5.41, 5.74) is 2.37. The van der Waals surface area contributed by atoms with Gasteiger partial charge in [-0.1, -0.05) is 67.6 Å². The molecule has 4 aromatic rings. The highest BCUT2D eigenvalue weighted by Gasteiger charge is 2.71. The van der Waals surface area contributed by atoms with Crippen LogP contribution in [0.4, 0.5) is 5.69 Å². The maximum Gasteiger partial charge on any atom is 0.238 e. The minimum atomic E-state index is -1.34. The molecule has 1 saturated heterocycles. The summed E-state index contributed by atoms with van der Waals surface area (Å²) in [5, 5.41) is 4.94. The first-order valence-electron chi connectivity index (χ1n) is 13.9. The third-order valence-corrected chi connectivity index (χ3v) is 9.38. The fraction of sp³-hybridized carbons (Fsp3) is 0.206. The van der Waals surface area contributed by atoms with E-state index in [1.807, 2.05) is 96.2 Å². The molecule has 204 valence electrons. The van der Waals surface area contributed by atoms with Crippen molar-refractivity contribution in [1.82, 2.24) is 4.90 Å². The van der Waals surface area contributed by atoms with Crippen molar-refractivity contribution in [3.63, 3.8) is 0 Å². The molecule has 7 heteroatoms. The molecule has 0 saturated carbocycles. The second kappa shape index (κ2) is 9.85. The van der Waals surface area contributed by atoms with E-state index in [1.54, 1.807) is 18.2 Å². The highest BCUT2D eigenvalue weighted by Crippen LogP contribution is 2.62. The molecule has 0 radical (unpaired) electrons. The van der Waals surface area contributed by atoms with Crippen molar-refractivity contribution in [1.29, 1.82) is 0 Å². The van der Waals surface area contributed by atoms with Crippen LogP contribution in [-0.4, -0.2) is 35.0 Å². The highest BCUT2D eigenvalue weighted by atomic mass is 32.1. The standard InChI is InChI=1S/C34H28N2O4S/c1-2-19-40-26-15-8-5-12-23(26)30(37)29-28(31(38)27-16-9-20-41-27)34(24-13-6-7-14-25(24)35-33(34)39)32-22-11-4-3-10-21(22)17-18-36(29)32/h3-18,20,28-29,32H,2,19H2,1H3,(H,35,39)/t28-,29+,32+,34-/m0/s1. The van der Waals surface area contributed by atoms with Crippen LogP contribution in [0.5, 0.6) is 5.75 Å². The number of carbonyl (C=O) groups excluding carboxylic acids is 3. The smallest absolute Gasteiger partial charge is 0.238 e. The number of amides is 1. The van der Waals surface area contributed by atoms with Crippen molar-refractivity contribution in [2.45, 2.75) is 30.8 Å². The van der Waals surface area contributed by atoms with E-state index >= 15 is 0 Å². The number of nitrogens with one attached hydrogen (secondary N) is 1. The second-order valence-electron chi connectivity index (χ2n) is 10.6. The van der Waals surface area contributed by atoms with E-state index in [0.29, 0.717) is 28.5 Å². The van der Waals surface area contributed by atoms with E-state index in [0.717, 1.165) is 23.1 Å². The number of ether oxygens (including phenoxy) is 1. The zero-order valence-electron chi connectivity index (χ0n) is 22.4. The summed E-state index contributed by atoms with van der Waals surface area (Å²) in [6, 6.07) is 24.8. The van der Waals surface area contributed by atoms with Gasteiger partial charge in [-0.15, -0.1) is 11.3 Å². The number of hydrogen-bond donors (Lipinski definition) is 1. The van der Waals surface area contributed by atoms with Crippen molar-refractivity contribution in [2.24, 2.45) is 5.92 Å². The van der Waals surface area contributed by atoms with Crippen LogP contribution in [0.15, 0.2) is 96.5 Å². The first kappa shape index (κ1) is 25.5. The number of thiophene rings is 1. The summed E-state index contributed by atoms with van der Waals surface area (Å²) in [5.74, 6) is -1.22. The van der Waals surface area contributed by atoms with Gasteiger partial charge in [-0.2, -0.15) is 0 Å². The molecule has 1 amide bonds.